The van der Waals surface area contributed by atoms with Crippen LogP contribution in [0.1, 0.15) is 30.5 Å². The monoisotopic (exact) mass is 572 g/mol. The Hall–Kier alpha value is -5.62. The van der Waals surface area contributed by atoms with Gasteiger partial charge in [0.1, 0.15) is 23.1 Å². The Kier molecular flexibility index (Phi) is 7.26. The zero-order chi connectivity index (χ0) is 30.1. The molecule has 6 rings (SSSR count). The molecule has 9 nitrogen and oxygen atoms in total. The lowest BCUT2D eigenvalue weighted by atomic mass is 9.92. The number of carbonyl (C=O) groups is 2. The number of ether oxygens (including phenoxy) is 3. The van der Waals surface area contributed by atoms with Gasteiger partial charge in [-0.2, -0.15) is 10.4 Å². The molecule has 0 radical (unpaired) electrons. The van der Waals surface area contributed by atoms with E-state index < -0.39 is 11.8 Å². The Morgan fingerprint density at radius 3 is 2.53 bits per heavy atom. The topological polar surface area (TPSA) is 107 Å². The molecule has 0 fully saturated rings. The second-order valence-corrected chi connectivity index (χ2v) is 10.2. The number of carbonyl (C=O) groups excluding carboxylic acids is 2. The molecule has 0 aliphatic carbocycles. The smallest absolute Gasteiger partial charge is 0.271 e. The maximum Gasteiger partial charge on any atom is 0.271 e. The molecule has 0 saturated heterocycles. The molecule has 0 unspecified atom stereocenters. The van der Waals surface area contributed by atoms with E-state index in [9.17, 15) is 14.9 Å². The summed E-state index contributed by atoms with van der Waals surface area (Å²) in [6.45, 7) is 6.17. The molecule has 9 heteroatoms. The van der Waals surface area contributed by atoms with Crippen LogP contribution in [-0.4, -0.2) is 39.9 Å². The Bertz CT molecular complexity index is 1860. The van der Waals surface area contributed by atoms with Crippen molar-refractivity contribution in [1.29, 1.82) is 5.26 Å². The van der Waals surface area contributed by atoms with Crippen LogP contribution in [0.5, 0.6) is 17.2 Å². The van der Waals surface area contributed by atoms with Crippen LogP contribution in [0.15, 0.2) is 89.6 Å². The third kappa shape index (κ3) is 5.15. The summed E-state index contributed by atoms with van der Waals surface area (Å²) in [5, 5.41) is 14.9. The number of para-hydroxylation sites is 1. The number of amides is 2. The van der Waals surface area contributed by atoms with E-state index >= 15 is 0 Å². The number of nitriles is 1. The van der Waals surface area contributed by atoms with E-state index in [0.29, 0.717) is 40.5 Å². The minimum Gasteiger partial charge on any atom is -0.494 e. The third-order valence-corrected chi connectivity index (χ3v) is 7.43. The quantitative estimate of drug-likeness (QED) is 0.205. The van der Waals surface area contributed by atoms with Crippen molar-refractivity contribution in [2.24, 2.45) is 0 Å². The number of aryl methyl sites for hydroxylation is 1. The van der Waals surface area contributed by atoms with E-state index in [2.05, 4.69) is 0 Å². The maximum absolute atomic E-state index is 14.0. The third-order valence-electron chi connectivity index (χ3n) is 7.43. The summed E-state index contributed by atoms with van der Waals surface area (Å²) in [7, 11) is 0. The largest absolute Gasteiger partial charge is 0.494 e. The van der Waals surface area contributed by atoms with Gasteiger partial charge < -0.3 is 14.2 Å². The number of hydrogen-bond acceptors (Lipinski definition) is 7. The summed E-state index contributed by atoms with van der Waals surface area (Å²) in [6.07, 6.45) is 3.56. The average molecular weight is 573 g/mol. The van der Waals surface area contributed by atoms with E-state index in [1.165, 1.54) is 0 Å². The van der Waals surface area contributed by atoms with Crippen molar-refractivity contribution in [3.8, 4) is 40.3 Å². The van der Waals surface area contributed by atoms with E-state index in [-0.39, 0.29) is 24.5 Å². The fourth-order valence-corrected chi connectivity index (χ4v) is 5.22. The van der Waals surface area contributed by atoms with Crippen LogP contribution in [0.3, 0.4) is 0 Å². The van der Waals surface area contributed by atoms with Crippen LogP contribution in [0.4, 0.5) is 0 Å². The van der Waals surface area contributed by atoms with Gasteiger partial charge in [0, 0.05) is 22.9 Å². The summed E-state index contributed by atoms with van der Waals surface area (Å²) in [5.74, 6) is 0.759. The van der Waals surface area contributed by atoms with Gasteiger partial charge in [-0.15, -0.1) is 0 Å². The normalized spacial score (nSPS) is 15.3. The van der Waals surface area contributed by atoms with Gasteiger partial charge in [-0.05, 0) is 86.0 Å². The fraction of sp³-hybridized carbons (Fsp3) is 0.176. The fourth-order valence-electron chi connectivity index (χ4n) is 5.22. The minimum atomic E-state index is -0.637. The second kappa shape index (κ2) is 11.3. The molecule has 214 valence electrons. The first-order chi connectivity index (χ1) is 20.9. The van der Waals surface area contributed by atoms with Crippen molar-refractivity contribution >= 4 is 17.9 Å². The molecule has 4 aromatic rings. The van der Waals surface area contributed by atoms with Crippen LogP contribution in [-0.2, 0) is 16.1 Å². The second-order valence-electron chi connectivity index (χ2n) is 10.2. The Labute approximate surface area is 248 Å². The zero-order valence-electron chi connectivity index (χ0n) is 24.0. The molecule has 3 aromatic carbocycles. The molecule has 1 aromatic heterocycles. The molecule has 43 heavy (non-hydrogen) atoms. The van der Waals surface area contributed by atoms with E-state index in [1.54, 1.807) is 35.9 Å². The van der Waals surface area contributed by atoms with Crippen LogP contribution in [0.2, 0.25) is 0 Å². The summed E-state index contributed by atoms with van der Waals surface area (Å²) in [5.41, 5.74) is 5.12. The van der Waals surface area contributed by atoms with Gasteiger partial charge >= 0.3 is 0 Å². The minimum absolute atomic E-state index is 0.0295. The molecule has 0 atom stereocenters. The molecule has 2 aliphatic heterocycles. The number of hydrogen-bond donors (Lipinski definition) is 0. The molecule has 0 bridgehead atoms. The molecular weight excluding hydrogens is 544 g/mol. The highest BCUT2D eigenvalue weighted by atomic mass is 16.7. The van der Waals surface area contributed by atoms with Gasteiger partial charge in [0.15, 0.2) is 11.5 Å². The summed E-state index contributed by atoms with van der Waals surface area (Å²) >= 11 is 0. The molecule has 0 saturated carbocycles. The summed E-state index contributed by atoms with van der Waals surface area (Å²) in [4.78, 5) is 28.4. The number of fused-ring (bicyclic) bond motifs is 1. The average Bonchev–Trinajstić information content (AvgIpc) is 3.65. The highest BCUT2D eigenvalue weighted by Gasteiger charge is 2.36. The molecule has 0 spiro atoms. The number of benzene rings is 3. The van der Waals surface area contributed by atoms with Crippen LogP contribution in [0.25, 0.3) is 23.0 Å². The van der Waals surface area contributed by atoms with Gasteiger partial charge in [-0.1, -0.05) is 24.3 Å². The van der Waals surface area contributed by atoms with E-state index in [1.807, 2.05) is 74.6 Å². The Morgan fingerprint density at radius 1 is 1.00 bits per heavy atom. The lowest BCUT2D eigenvalue weighted by Gasteiger charge is -2.27. The molecule has 2 amide bonds. The first-order valence-corrected chi connectivity index (χ1v) is 13.8. The lowest BCUT2D eigenvalue weighted by Crippen LogP contribution is -2.42. The molecule has 0 N–H and O–H groups in total. The van der Waals surface area contributed by atoms with Gasteiger partial charge in [0.05, 0.1) is 18.8 Å². The van der Waals surface area contributed by atoms with Crippen molar-refractivity contribution in [1.82, 2.24) is 14.7 Å². The van der Waals surface area contributed by atoms with E-state index in [4.69, 9.17) is 19.3 Å². The summed E-state index contributed by atoms with van der Waals surface area (Å²) in [6, 6.07) is 22.7. The van der Waals surface area contributed by atoms with Gasteiger partial charge in [0.25, 0.3) is 11.8 Å². The number of nitrogens with zero attached hydrogens (tertiary/aromatic N) is 4. The zero-order valence-corrected chi connectivity index (χ0v) is 24.0. The molecular formula is C34H28N4O5. The molecule has 3 heterocycles. The predicted octanol–water partition coefficient (Wildman–Crippen LogP) is 5.77. The van der Waals surface area contributed by atoms with Crippen molar-refractivity contribution in [2.45, 2.75) is 27.3 Å². The number of aromatic nitrogens is 2. The Balaban J connectivity index is 1.46. The van der Waals surface area contributed by atoms with Gasteiger partial charge in [0.2, 0.25) is 6.79 Å². The van der Waals surface area contributed by atoms with Crippen LogP contribution >= 0.6 is 0 Å². The van der Waals surface area contributed by atoms with Crippen LogP contribution in [0, 0.1) is 18.3 Å². The number of imide groups is 1. The van der Waals surface area contributed by atoms with Crippen molar-refractivity contribution < 1.29 is 23.8 Å². The Morgan fingerprint density at radius 2 is 1.79 bits per heavy atom. The van der Waals surface area contributed by atoms with Gasteiger partial charge in [-0.25, -0.2) is 4.68 Å². The molecule has 2 aliphatic rings. The van der Waals surface area contributed by atoms with Crippen LogP contribution < -0.4 is 14.2 Å². The highest BCUT2D eigenvalue weighted by molar-refractivity contribution is 6.19. The predicted molar refractivity (Wildman–Crippen MR) is 159 cm³/mol. The standard InChI is InChI=1S/C34H28N4O5/c1-4-41-26-11-12-27(21(2)14-26)32-24(19-38(36-32)25-8-6-5-7-9-25)16-28-22(3)29(17-35)34(40)37(33(28)39)18-23-10-13-30-31(15-23)43-20-42-30/h5-16,19H,4,18,20H2,1-3H3/b28-16+. The lowest BCUT2D eigenvalue weighted by molar-refractivity contribution is -0.141. The van der Waals surface area contributed by atoms with E-state index in [0.717, 1.165) is 27.5 Å². The summed E-state index contributed by atoms with van der Waals surface area (Å²) < 4.78 is 18.3. The first kappa shape index (κ1) is 27.5. The van der Waals surface area contributed by atoms with Crippen molar-refractivity contribution in [3.05, 3.63) is 106 Å². The van der Waals surface area contributed by atoms with Crippen molar-refractivity contribution in [2.75, 3.05) is 13.4 Å². The number of rotatable bonds is 7. The van der Waals surface area contributed by atoms with Crippen molar-refractivity contribution in [3.63, 3.8) is 0 Å². The first-order valence-electron chi connectivity index (χ1n) is 13.8. The SMILES string of the molecule is CCOc1ccc(-c2nn(-c3ccccc3)cc2/C=C2/C(=O)N(Cc3ccc4c(c3)OCO4)C(=O)C(C#N)=C2C)c(C)c1. The maximum atomic E-state index is 14.0. The highest BCUT2D eigenvalue weighted by Crippen LogP contribution is 2.36. The van der Waals surface area contributed by atoms with Gasteiger partial charge in [-0.3, -0.25) is 14.5 Å².